The third-order valence-electron chi connectivity index (χ3n) is 2.48. The van der Waals surface area contributed by atoms with Crippen LogP contribution in [0.2, 0.25) is 0 Å². The molecule has 1 N–H and O–H groups in total. The van der Waals surface area contributed by atoms with Gasteiger partial charge in [-0.3, -0.25) is 0 Å². The van der Waals surface area contributed by atoms with Crippen LogP contribution in [0.1, 0.15) is 19.3 Å². The summed E-state index contributed by atoms with van der Waals surface area (Å²) in [7, 11) is 0. The van der Waals surface area contributed by atoms with Crippen molar-refractivity contribution in [1.82, 2.24) is 0 Å². The Morgan fingerprint density at radius 1 is 1.29 bits per heavy atom. The molecule has 82 valence electrons. The van der Waals surface area contributed by atoms with E-state index in [9.17, 15) is 5.11 Å². The van der Waals surface area contributed by atoms with Crippen molar-refractivity contribution in [2.75, 3.05) is 26.4 Å². The van der Waals surface area contributed by atoms with Crippen molar-refractivity contribution in [3.05, 3.63) is 0 Å². The average molecular weight is 202 g/mol. The molecular weight excluding hydrogens is 184 g/mol. The highest BCUT2D eigenvalue weighted by Crippen LogP contribution is 2.17. The molecular formula is C10H18O4. The largest absolute Gasteiger partial charge is 0.391 e. The number of aliphatic hydroxyl groups is 1. The maximum Gasteiger partial charge on any atom is 0.104 e. The quantitative estimate of drug-likeness (QED) is 0.576. The fraction of sp³-hybridized carbons (Fsp3) is 1.00. The number of hydrogen-bond acceptors (Lipinski definition) is 4. The zero-order valence-corrected chi connectivity index (χ0v) is 8.35. The van der Waals surface area contributed by atoms with Gasteiger partial charge in [0.25, 0.3) is 0 Å². The first kappa shape index (κ1) is 10.4. The molecule has 4 nitrogen and oxygen atoms in total. The molecule has 0 saturated carbocycles. The van der Waals surface area contributed by atoms with E-state index in [-0.39, 0.29) is 6.10 Å². The van der Waals surface area contributed by atoms with Gasteiger partial charge in [0.15, 0.2) is 0 Å². The minimum Gasteiger partial charge on any atom is -0.391 e. The van der Waals surface area contributed by atoms with E-state index < -0.39 is 0 Å². The van der Waals surface area contributed by atoms with Crippen molar-refractivity contribution < 1.29 is 19.3 Å². The van der Waals surface area contributed by atoms with Gasteiger partial charge in [-0.05, 0) is 19.3 Å². The molecule has 3 unspecified atom stereocenters. The molecule has 0 spiro atoms. The average Bonchev–Trinajstić information content (AvgIpc) is 2.99. The van der Waals surface area contributed by atoms with Gasteiger partial charge in [0.2, 0.25) is 0 Å². The summed E-state index contributed by atoms with van der Waals surface area (Å²) in [6, 6.07) is 0. The SMILES string of the molecule is OC(CCCC1CO1)COCC1CO1. The van der Waals surface area contributed by atoms with Gasteiger partial charge >= 0.3 is 0 Å². The van der Waals surface area contributed by atoms with Gasteiger partial charge in [-0.25, -0.2) is 0 Å². The van der Waals surface area contributed by atoms with E-state index in [1.165, 1.54) is 0 Å². The lowest BCUT2D eigenvalue weighted by atomic mass is 10.1. The van der Waals surface area contributed by atoms with Crippen LogP contribution in [0.5, 0.6) is 0 Å². The second-order valence-corrected chi connectivity index (χ2v) is 4.03. The number of ether oxygens (including phenoxy) is 3. The molecule has 2 aliphatic heterocycles. The molecule has 0 aromatic rings. The second-order valence-electron chi connectivity index (χ2n) is 4.03. The van der Waals surface area contributed by atoms with Gasteiger partial charge in [-0.15, -0.1) is 0 Å². The third kappa shape index (κ3) is 4.37. The van der Waals surface area contributed by atoms with Crippen LogP contribution in [0, 0.1) is 0 Å². The van der Waals surface area contributed by atoms with Crippen molar-refractivity contribution in [1.29, 1.82) is 0 Å². The summed E-state index contributed by atoms with van der Waals surface area (Å²) in [5.74, 6) is 0. The Kier molecular flexibility index (Phi) is 3.75. The van der Waals surface area contributed by atoms with Gasteiger partial charge in [-0.2, -0.15) is 0 Å². The Morgan fingerprint density at radius 3 is 2.64 bits per heavy atom. The number of rotatable bonds is 8. The maximum atomic E-state index is 9.51. The maximum absolute atomic E-state index is 9.51. The van der Waals surface area contributed by atoms with Crippen LogP contribution in [-0.4, -0.2) is 49.8 Å². The number of aliphatic hydroxyl groups excluding tert-OH is 1. The fourth-order valence-corrected chi connectivity index (χ4v) is 1.40. The van der Waals surface area contributed by atoms with Crippen LogP contribution in [-0.2, 0) is 14.2 Å². The Hall–Kier alpha value is -0.160. The lowest BCUT2D eigenvalue weighted by molar-refractivity contribution is 0.0252. The van der Waals surface area contributed by atoms with Crippen LogP contribution in [0.4, 0.5) is 0 Å². The molecule has 0 bridgehead atoms. The molecule has 0 aromatic heterocycles. The first-order valence-corrected chi connectivity index (χ1v) is 5.33. The van der Waals surface area contributed by atoms with Crippen LogP contribution >= 0.6 is 0 Å². The van der Waals surface area contributed by atoms with Gasteiger partial charge in [-0.1, -0.05) is 0 Å². The summed E-state index contributed by atoms with van der Waals surface area (Å²) in [4.78, 5) is 0. The molecule has 0 aromatic carbocycles. The molecule has 2 aliphatic rings. The van der Waals surface area contributed by atoms with Crippen LogP contribution in [0.25, 0.3) is 0 Å². The highest BCUT2D eigenvalue weighted by atomic mass is 16.6. The summed E-state index contributed by atoms with van der Waals surface area (Å²) in [5.41, 5.74) is 0. The summed E-state index contributed by atoms with van der Waals surface area (Å²) >= 11 is 0. The Morgan fingerprint density at radius 2 is 2.00 bits per heavy atom. The van der Waals surface area contributed by atoms with Gasteiger partial charge in [0.1, 0.15) is 6.10 Å². The third-order valence-corrected chi connectivity index (χ3v) is 2.48. The van der Waals surface area contributed by atoms with Crippen LogP contribution in [0.3, 0.4) is 0 Å². The molecule has 2 fully saturated rings. The van der Waals surface area contributed by atoms with Gasteiger partial charge in [0.05, 0.1) is 38.6 Å². The Labute approximate surface area is 84.1 Å². The standard InChI is InChI=1S/C10H18O4/c11-8(2-1-3-9-6-13-9)4-12-5-10-7-14-10/h8-11H,1-7H2. The minimum atomic E-state index is -0.326. The van der Waals surface area contributed by atoms with Crippen molar-refractivity contribution in [3.8, 4) is 0 Å². The molecule has 0 aliphatic carbocycles. The second kappa shape index (κ2) is 5.07. The van der Waals surface area contributed by atoms with E-state index in [2.05, 4.69) is 0 Å². The van der Waals surface area contributed by atoms with E-state index in [4.69, 9.17) is 14.2 Å². The highest BCUT2D eigenvalue weighted by molar-refractivity contribution is 4.70. The van der Waals surface area contributed by atoms with Gasteiger partial charge in [0, 0.05) is 0 Å². The molecule has 0 amide bonds. The van der Waals surface area contributed by atoms with Crippen LogP contribution < -0.4 is 0 Å². The topological polar surface area (TPSA) is 54.5 Å². The summed E-state index contributed by atoms with van der Waals surface area (Å²) < 4.78 is 15.4. The molecule has 0 radical (unpaired) electrons. The van der Waals surface area contributed by atoms with Crippen LogP contribution in [0.15, 0.2) is 0 Å². The van der Waals surface area contributed by atoms with Gasteiger partial charge < -0.3 is 19.3 Å². The lowest BCUT2D eigenvalue weighted by Gasteiger charge is -2.09. The molecule has 14 heavy (non-hydrogen) atoms. The first-order chi connectivity index (χ1) is 6.84. The number of epoxide rings is 2. The lowest BCUT2D eigenvalue weighted by Crippen LogP contribution is -2.17. The number of hydrogen-bond donors (Lipinski definition) is 1. The fourth-order valence-electron chi connectivity index (χ4n) is 1.40. The van der Waals surface area contributed by atoms with E-state index in [1.807, 2.05) is 0 Å². The van der Waals surface area contributed by atoms with Crippen molar-refractivity contribution >= 4 is 0 Å². The molecule has 2 saturated heterocycles. The Balaban J connectivity index is 1.38. The van der Waals surface area contributed by atoms with Crippen molar-refractivity contribution in [3.63, 3.8) is 0 Å². The monoisotopic (exact) mass is 202 g/mol. The smallest absolute Gasteiger partial charge is 0.104 e. The van der Waals surface area contributed by atoms with Crippen molar-refractivity contribution in [2.45, 2.75) is 37.6 Å². The summed E-state index contributed by atoms with van der Waals surface area (Å²) in [6.45, 7) is 2.79. The van der Waals surface area contributed by atoms with E-state index >= 15 is 0 Å². The zero-order valence-electron chi connectivity index (χ0n) is 8.35. The molecule has 3 atom stereocenters. The summed E-state index contributed by atoms with van der Waals surface area (Å²) in [5, 5.41) is 9.51. The normalized spacial score (nSPS) is 31.5. The first-order valence-electron chi connectivity index (χ1n) is 5.33. The van der Waals surface area contributed by atoms with E-state index in [1.54, 1.807) is 0 Å². The Bertz CT molecular complexity index is 148. The van der Waals surface area contributed by atoms with Crippen molar-refractivity contribution in [2.24, 2.45) is 0 Å². The molecule has 4 heteroatoms. The van der Waals surface area contributed by atoms with E-state index in [0.29, 0.717) is 25.4 Å². The molecule has 2 heterocycles. The predicted molar refractivity (Wildman–Crippen MR) is 50.2 cm³/mol. The minimum absolute atomic E-state index is 0.294. The predicted octanol–water partition coefficient (Wildman–Crippen LogP) is 0.332. The molecule has 2 rings (SSSR count). The summed E-state index contributed by atoms with van der Waals surface area (Å²) in [6.07, 6.45) is 3.35. The van der Waals surface area contributed by atoms with E-state index in [0.717, 1.165) is 32.5 Å². The highest BCUT2D eigenvalue weighted by Gasteiger charge is 2.23. The zero-order chi connectivity index (χ0) is 9.80.